The molecule has 23 nitrogen and oxygen atoms in total. The second kappa shape index (κ2) is 25.8. The van der Waals surface area contributed by atoms with Crippen molar-refractivity contribution in [3.8, 4) is 0 Å². The summed E-state index contributed by atoms with van der Waals surface area (Å²) in [4.78, 5) is 134. The van der Waals surface area contributed by atoms with Crippen LogP contribution in [0.4, 0.5) is 0 Å². The number of primary amides is 1. The summed E-state index contributed by atoms with van der Waals surface area (Å²) in [6.45, 7) is 6.69. The second-order valence-corrected chi connectivity index (χ2v) is 17.1. The predicted octanol–water partition coefficient (Wildman–Crippen LogP) is -2.86. The van der Waals surface area contributed by atoms with Gasteiger partial charge in [0.25, 0.3) is 0 Å². The number of H-pyrrole nitrogens is 1. The number of rotatable bonds is 26. The Labute approximate surface area is 382 Å². The summed E-state index contributed by atoms with van der Waals surface area (Å²) < 4.78 is 0. The van der Waals surface area contributed by atoms with Crippen molar-refractivity contribution in [3.05, 3.63) is 36.0 Å². The molecule has 2 aromatic rings. The van der Waals surface area contributed by atoms with Crippen molar-refractivity contribution >= 4 is 70.0 Å². The highest BCUT2D eigenvalue weighted by Crippen LogP contribution is 2.21. The highest BCUT2D eigenvalue weighted by atomic mass is 16.4. The van der Waals surface area contributed by atoms with Crippen molar-refractivity contribution in [1.82, 2.24) is 47.1 Å². The number of aliphatic carboxylic acids is 1. The molecule has 0 unspecified atom stereocenters. The first-order chi connectivity index (χ1) is 31.1. The number of nitrogens with zero attached hydrogens (tertiary/aromatic N) is 1. The molecule has 1 aliphatic rings. The zero-order valence-corrected chi connectivity index (χ0v) is 37.9. The van der Waals surface area contributed by atoms with Gasteiger partial charge in [0.1, 0.15) is 42.3 Å². The number of aromatic nitrogens is 1. The van der Waals surface area contributed by atoms with Crippen molar-refractivity contribution in [3.63, 3.8) is 0 Å². The van der Waals surface area contributed by atoms with Crippen LogP contribution in [0.15, 0.2) is 30.5 Å². The number of hydrogen-bond donors (Lipinski definition) is 12. The Morgan fingerprint density at radius 1 is 0.758 bits per heavy atom. The zero-order chi connectivity index (χ0) is 49.2. The molecule has 0 bridgehead atoms. The van der Waals surface area contributed by atoms with Gasteiger partial charge in [0.2, 0.25) is 53.2 Å². The Hall–Kier alpha value is -6.62. The Morgan fingerprint density at radius 2 is 1.35 bits per heavy atom. The number of nitrogens with two attached hydrogens (primary N) is 2. The molecule has 1 aromatic carbocycles. The maximum absolute atomic E-state index is 14.1. The molecule has 1 fully saturated rings. The molecule has 364 valence electrons. The number of fused-ring (bicyclic) bond motifs is 1. The van der Waals surface area contributed by atoms with Gasteiger partial charge in [0.05, 0.1) is 19.7 Å². The number of aliphatic hydroxyl groups is 1. The highest BCUT2D eigenvalue weighted by Gasteiger charge is 2.40. The number of carbonyl (C=O) groups excluding carboxylic acids is 9. The number of carbonyl (C=O) groups is 10. The molecule has 1 saturated heterocycles. The number of amides is 9. The van der Waals surface area contributed by atoms with E-state index < -0.39 is 115 Å². The van der Waals surface area contributed by atoms with Crippen LogP contribution < -0.4 is 48.7 Å². The standard InChI is InChI=1S/C43H65N11O12/c1-22(2)15-29(52-39(61)30(16-23(3)4)49-35(57)18-44)37(59)47-20-36(58)50-31(17-25-19-46-27-10-7-6-9-26(25)27)40(62)53-32(21-55)42(64)54-14-8-11-33(54)41(63)51-28(12-13-34(45)56)38(60)48-24(5)43(65)66/h6-7,9-10,19,22-24,28-33,46,55H,8,11-18,20-21,44H2,1-5H3,(H2,45,56)(H,47,59)(H,48,60)(H,49,57)(H,50,58)(H,51,63)(H,52,61)(H,53,62)(H,65,66)/t24-,28-,29-,30-,31-,32-,33-/m0/s1. The number of hydrogen-bond acceptors (Lipinski definition) is 12. The fourth-order valence-corrected chi connectivity index (χ4v) is 7.36. The molecule has 1 aromatic heterocycles. The van der Waals surface area contributed by atoms with E-state index in [1.165, 1.54) is 6.92 Å². The summed E-state index contributed by atoms with van der Waals surface area (Å²) >= 11 is 0. The van der Waals surface area contributed by atoms with Gasteiger partial charge in [-0.05, 0) is 62.5 Å². The molecule has 0 spiro atoms. The van der Waals surface area contributed by atoms with Gasteiger partial charge >= 0.3 is 5.97 Å². The van der Waals surface area contributed by atoms with E-state index in [0.717, 1.165) is 15.8 Å². The number of carboxylic acid groups (broad SMARTS) is 1. The van der Waals surface area contributed by atoms with Crippen molar-refractivity contribution in [2.45, 2.75) is 122 Å². The topological polar surface area (TPSA) is 366 Å². The lowest BCUT2D eigenvalue weighted by molar-refractivity contribution is -0.144. The minimum absolute atomic E-state index is 0.00253. The van der Waals surface area contributed by atoms with E-state index in [1.807, 2.05) is 27.7 Å². The molecular weight excluding hydrogens is 863 g/mol. The van der Waals surface area contributed by atoms with Gasteiger partial charge in [0, 0.05) is 36.5 Å². The number of nitrogens with one attached hydrogen (secondary N) is 8. The Bertz CT molecular complexity index is 2070. The third-order valence-corrected chi connectivity index (χ3v) is 10.7. The zero-order valence-electron chi connectivity index (χ0n) is 37.9. The lowest BCUT2D eigenvalue weighted by Gasteiger charge is -2.30. The molecular formula is C43H65N11O12. The summed E-state index contributed by atoms with van der Waals surface area (Å²) in [5.41, 5.74) is 12.0. The summed E-state index contributed by atoms with van der Waals surface area (Å²) in [5, 5.41) is 37.9. The van der Waals surface area contributed by atoms with Gasteiger partial charge in [0.15, 0.2) is 0 Å². The summed E-state index contributed by atoms with van der Waals surface area (Å²) in [7, 11) is 0. The Balaban J connectivity index is 1.79. The van der Waals surface area contributed by atoms with Crippen LogP contribution in [-0.2, 0) is 54.4 Å². The van der Waals surface area contributed by atoms with Crippen LogP contribution in [0.1, 0.15) is 78.7 Å². The van der Waals surface area contributed by atoms with Crippen LogP contribution in [0.25, 0.3) is 10.9 Å². The van der Waals surface area contributed by atoms with Crippen molar-refractivity contribution in [2.24, 2.45) is 23.3 Å². The smallest absolute Gasteiger partial charge is 0.325 e. The van der Waals surface area contributed by atoms with E-state index in [-0.39, 0.29) is 63.5 Å². The van der Waals surface area contributed by atoms with E-state index in [2.05, 4.69) is 42.2 Å². The average Bonchev–Trinajstić information content (AvgIpc) is 3.92. The fraction of sp³-hybridized carbons (Fsp3) is 0.581. The number of para-hydroxylation sites is 1. The van der Waals surface area contributed by atoms with E-state index in [9.17, 15) is 58.2 Å². The van der Waals surface area contributed by atoms with Crippen molar-refractivity contribution in [2.75, 3.05) is 26.2 Å². The molecule has 3 rings (SSSR count). The second-order valence-electron chi connectivity index (χ2n) is 17.1. The van der Waals surface area contributed by atoms with Crippen molar-refractivity contribution < 1.29 is 58.2 Å². The van der Waals surface area contributed by atoms with E-state index in [1.54, 1.807) is 30.5 Å². The van der Waals surface area contributed by atoms with Gasteiger partial charge < -0.3 is 68.8 Å². The first-order valence-electron chi connectivity index (χ1n) is 21.9. The molecule has 1 aliphatic heterocycles. The summed E-state index contributed by atoms with van der Waals surface area (Å²) in [6, 6.07) is -1.83. The third kappa shape index (κ3) is 16.4. The van der Waals surface area contributed by atoms with Gasteiger partial charge in [-0.25, -0.2) is 0 Å². The summed E-state index contributed by atoms with van der Waals surface area (Å²) in [5.74, 6) is -8.37. The van der Waals surface area contributed by atoms with Gasteiger partial charge in [-0.15, -0.1) is 0 Å². The van der Waals surface area contributed by atoms with Crippen LogP contribution in [0.5, 0.6) is 0 Å². The largest absolute Gasteiger partial charge is 0.480 e. The quantitative estimate of drug-likeness (QED) is 0.0453. The lowest BCUT2D eigenvalue weighted by atomic mass is 10.00. The minimum atomic E-state index is -1.62. The Morgan fingerprint density at radius 3 is 1.95 bits per heavy atom. The van der Waals surface area contributed by atoms with Crippen molar-refractivity contribution in [1.29, 1.82) is 0 Å². The highest BCUT2D eigenvalue weighted by molar-refractivity contribution is 5.98. The molecule has 2 heterocycles. The molecule has 23 heteroatoms. The molecule has 0 aliphatic carbocycles. The molecule has 14 N–H and O–H groups in total. The fourth-order valence-electron chi connectivity index (χ4n) is 7.36. The van der Waals surface area contributed by atoms with Crippen LogP contribution in [0, 0.1) is 11.8 Å². The van der Waals surface area contributed by atoms with Gasteiger partial charge in [-0.1, -0.05) is 45.9 Å². The van der Waals surface area contributed by atoms with Crippen LogP contribution >= 0.6 is 0 Å². The van der Waals surface area contributed by atoms with Crippen LogP contribution in [-0.4, -0.2) is 148 Å². The molecule has 0 radical (unpaired) electrons. The number of likely N-dealkylation sites (tertiary alicyclic amines) is 1. The maximum atomic E-state index is 14.1. The van der Waals surface area contributed by atoms with E-state index in [0.29, 0.717) is 12.0 Å². The number of carboxylic acids is 1. The third-order valence-electron chi connectivity index (χ3n) is 10.7. The molecule has 7 atom stereocenters. The molecule has 0 saturated carbocycles. The van der Waals surface area contributed by atoms with Gasteiger partial charge in [-0.3, -0.25) is 47.9 Å². The minimum Gasteiger partial charge on any atom is -0.480 e. The van der Waals surface area contributed by atoms with E-state index >= 15 is 0 Å². The first kappa shape index (κ1) is 53.7. The molecule has 9 amide bonds. The molecule has 66 heavy (non-hydrogen) atoms. The monoisotopic (exact) mass is 927 g/mol. The van der Waals surface area contributed by atoms with Crippen LogP contribution in [0.2, 0.25) is 0 Å². The number of aliphatic hydroxyl groups excluding tert-OH is 1. The van der Waals surface area contributed by atoms with E-state index in [4.69, 9.17) is 11.5 Å². The SMILES string of the molecule is CC(C)C[C@H](NC(=O)CN)C(=O)N[C@@H](CC(C)C)C(=O)NCC(=O)N[C@@H](Cc1c[nH]c2ccccc12)C(=O)N[C@@H](CO)C(=O)N1CCC[C@H]1C(=O)N[C@@H](CCC(N)=O)C(=O)N[C@@H](C)C(=O)O. The van der Waals surface area contributed by atoms with Crippen LogP contribution in [0.3, 0.4) is 0 Å². The predicted molar refractivity (Wildman–Crippen MR) is 238 cm³/mol. The average molecular weight is 928 g/mol. The maximum Gasteiger partial charge on any atom is 0.325 e. The first-order valence-corrected chi connectivity index (χ1v) is 21.9. The summed E-state index contributed by atoms with van der Waals surface area (Å²) in [6.07, 6.45) is 1.80. The number of aromatic amines is 1. The van der Waals surface area contributed by atoms with Gasteiger partial charge in [-0.2, -0.15) is 0 Å². The Kier molecular flexibility index (Phi) is 21.0. The number of benzene rings is 1. The normalized spacial score (nSPS) is 16.3. The lowest BCUT2D eigenvalue weighted by Crippen LogP contribution is -2.60.